The lowest BCUT2D eigenvalue weighted by Gasteiger charge is -2.04. The van der Waals surface area contributed by atoms with Gasteiger partial charge >= 0.3 is 0 Å². The number of pyridine rings is 1. The first kappa shape index (κ1) is 16.4. The number of amides is 2. The minimum Gasteiger partial charge on any atom is -0.324 e. The number of hydrogen-bond acceptors (Lipinski definition) is 5. The van der Waals surface area contributed by atoms with E-state index in [-0.39, 0.29) is 24.2 Å². The molecule has 0 unspecified atom stereocenters. The molecule has 2 aromatic heterocycles. The van der Waals surface area contributed by atoms with E-state index in [1.165, 1.54) is 17.5 Å². The molecule has 22 heavy (non-hydrogen) atoms. The largest absolute Gasteiger partial charge is 0.324 e. The Morgan fingerprint density at radius 1 is 1.32 bits per heavy atom. The second kappa shape index (κ2) is 7.33. The van der Waals surface area contributed by atoms with Crippen LogP contribution in [0.25, 0.3) is 0 Å². The first-order chi connectivity index (χ1) is 10.4. The van der Waals surface area contributed by atoms with Crippen LogP contribution in [0.4, 0.5) is 10.8 Å². The minimum atomic E-state index is -0.212. The number of aromatic nitrogens is 2. The molecule has 0 radical (unpaired) electrons. The van der Waals surface area contributed by atoms with Crippen LogP contribution in [0.3, 0.4) is 0 Å². The summed E-state index contributed by atoms with van der Waals surface area (Å²) in [5, 5.41) is 8.01. The van der Waals surface area contributed by atoms with Crippen LogP contribution in [-0.2, 0) is 16.0 Å². The first-order valence-electron chi connectivity index (χ1n) is 6.60. The third kappa shape index (κ3) is 4.78. The number of nitrogens with zero attached hydrogens (tertiary/aromatic N) is 2. The van der Waals surface area contributed by atoms with Crippen LogP contribution in [0.1, 0.15) is 19.5 Å². The van der Waals surface area contributed by atoms with Gasteiger partial charge in [0.25, 0.3) is 0 Å². The van der Waals surface area contributed by atoms with Gasteiger partial charge in [0.1, 0.15) is 5.15 Å². The number of halogens is 1. The van der Waals surface area contributed by atoms with Crippen molar-refractivity contribution in [2.24, 2.45) is 5.92 Å². The van der Waals surface area contributed by atoms with Gasteiger partial charge in [0.05, 0.1) is 24.0 Å². The van der Waals surface area contributed by atoms with Crippen molar-refractivity contribution in [3.05, 3.63) is 34.6 Å². The Morgan fingerprint density at radius 2 is 2.09 bits per heavy atom. The Bertz CT molecular complexity index is 670. The molecule has 2 heterocycles. The van der Waals surface area contributed by atoms with Crippen LogP contribution < -0.4 is 10.6 Å². The van der Waals surface area contributed by atoms with Crippen molar-refractivity contribution in [1.82, 2.24) is 9.97 Å². The summed E-state index contributed by atoms with van der Waals surface area (Å²) in [7, 11) is 0. The van der Waals surface area contributed by atoms with Crippen molar-refractivity contribution < 1.29 is 9.59 Å². The van der Waals surface area contributed by atoms with Crippen molar-refractivity contribution in [3.63, 3.8) is 0 Å². The lowest BCUT2D eigenvalue weighted by Crippen LogP contribution is -2.18. The van der Waals surface area contributed by atoms with Crippen LogP contribution in [0, 0.1) is 5.92 Å². The predicted octanol–water partition coefficient (Wildman–Crippen LogP) is 2.97. The molecule has 2 aromatic rings. The fourth-order valence-corrected chi connectivity index (χ4v) is 2.34. The molecule has 0 bridgehead atoms. The van der Waals surface area contributed by atoms with E-state index in [4.69, 9.17) is 11.6 Å². The normalized spacial score (nSPS) is 10.5. The molecule has 0 saturated heterocycles. The third-order valence-corrected chi connectivity index (χ3v) is 3.69. The number of nitrogens with one attached hydrogen (secondary N) is 2. The van der Waals surface area contributed by atoms with E-state index < -0.39 is 0 Å². The Kier molecular flexibility index (Phi) is 5.46. The zero-order valence-corrected chi connectivity index (χ0v) is 13.7. The Labute approximate surface area is 136 Å². The van der Waals surface area contributed by atoms with Crippen LogP contribution >= 0.6 is 22.9 Å². The zero-order valence-electron chi connectivity index (χ0n) is 12.1. The predicted molar refractivity (Wildman–Crippen MR) is 87.2 cm³/mol. The summed E-state index contributed by atoms with van der Waals surface area (Å²) in [5.41, 5.74) is 1.17. The molecule has 6 nitrogen and oxygen atoms in total. The van der Waals surface area contributed by atoms with Gasteiger partial charge in [-0.3, -0.25) is 9.59 Å². The second-order valence-corrected chi connectivity index (χ2v) is 6.13. The van der Waals surface area contributed by atoms with Gasteiger partial charge in [0, 0.05) is 11.3 Å². The highest BCUT2D eigenvalue weighted by Crippen LogP contribution is 2.17. The van der Waals surface area contributed by atoms with E-state index in [9.17, 15) is 9.59 Å². The van der Waals surface area contributed by atoms with Gasteiger partial charge in [0.15, 0.2) is 5.13 Å². The molecule has 2 rings (SSSR count). The molecule has 0 fully saturated rings. The number of rotatable bonds is 5. The number of anilines is 2. The van der Waals surface area contributed by atoms with Crippen LogP contribution in [0.15, 0.2) is 23.7 Å². The Morgan fingerprint density at radius 3 is 2.73 bits per heavy atom. The average Bonchev–Trinajstić information content (AvgIpc) is 2.88. The number of carbonyl (C=O) groups is 2. The summed E-state index contributed by atoms with van der Waals surface area (Å²) < 4.78 is 0. The fourth-order valence-electron chi connectivity index (χ4n) is 1.51. The molecular weight excluding hydrogens is 324 g/mol. The van der Waals surface area contributed by atoms with Crippen molar-refractivity contribution in [3.8, 4) is 0 Å². The molecule has 0 aliphatic carbocycles. The van der Waals surface area contributed by atoms with E-state index in [0.29, 0.717) is 21.7 Å². The van der Waals surface area contributed by atoms with Gasteiger partial charge in [-0.15, -0.1) is 11.3 Å². The topological polar surface area (TPSA) is 84.0 Å². The molecule has 0 aliphatic heterocycles. The van der Waals surface area contributed by atoms with Gasteiger partial charge in [-0.25, -0.2) is 9.97 Å². The van der Waals surface area contributed by atoms with Crippen molar-refractivity contribution in [1.29, 1.82) is 0 Å². The molecule has 0 aliphatic rings. The van der Waals surface area contributed by atoms with Crippen LogP contribution in [-0.4, -0.2) is 21.8 Å². The quantitative estimate of drug-likeness (QED) is 0.821. The maximum absolute atomic E-state index is 11.9. The lowest BCUT2D eigenvalue weighted by atomic mass is 10.2. The van der Waals surface area contributed by atoms with E-state index in [2.05, 4.69) is 20.6 Å². The summed E-state index contributed by atoms with van der Waals surface area (Å²) in [6.45, 7) is 3.61. The summed E-state index contributed by atoms with van der Waals surface area (Å²) in [4.78, 5) is 31.6. The van der Waals surface area contributed by atoms with E-state index in [1.807, 2.05) is 0 Å². The Balaban J connectivity index is 1.90. The summed E-state index contributed by atoms with van der Waals surface area (Å²) >= 11 is 6.97. The monoisotopic (exact) mass is 338 g/mol. The zero-order chi connectivity index (χ0) is 16.1. The van der Waals surface area contributed by atoms with Gasteiger partial charge < -0.3 is 10.6 Å². The second-order valence-electron chi connectivity index (χ2n) is 4.88. The number of thiazole rings is 1. The standard InChI is InChI=1S/C14H15ClN4O2S/c1-8(2)13(21)19-14-18-10(7-22-14)5-12(20)17-9-3-4-11(15)16-6-9/h3-4,6-8H,5H2,1-2H3,(H,17,20)(H,18,19,21). The van der Waals surface area contributed by atoms with Gasteiger partial charge in [-0.1, -0.05) is 25.4 Å². The number of hydrogen-bond donors (Lipinski definition) is 2. The summed E-state index contributed by atoms with van der Waals surface area (Å²) in [6, 6.07) is 3.27. The summed E-state index contributed by atoms with van der Waals surface area (Å²) in [5.74, 6) is -0.429. The van der Waals surface area contributed by atoms with Crippen LogP contribution in [0.2, 0.25) is 5.15 Å². The average molecular weight is 339 g/mol. The molecule has 0 spiro atoms. The minimum absolute atomic E-state index is 0.0995. The number of carbonyl (C=O) groups excluding carboxylic acids is 2. The van der Waals surface area contributed by atoms with Crippen molar-refractivity contribution in [2.45, 2.75) is 20.3 Å². The molecule has 2 amide bonds. The highest BCUT2D eigenvalue weighted by atomic mass is 35.5. The molecule has 0 atom stereocenters. The van der Waals surface area contributed by atoms with Gasteiger partial charge in [0.2, 0.25) is 11.8 Å². The molecular formula is C14H15ClN4O2S. The maximum Gasteiger partial charge on any atom is 0.230 e. The first-order valence-corrected chi connectivity index (χ1v) is 7.86. The van der Waals surface area contributed by atoms with Crippen molar-refractivity contribution >= 4 is 45.6 Å². The molecule has 2 N–H and O–H groups in total. The maximum atomic E-state index is 11.9. The van der Waals surface area contributed by atoms with Crippen LogP contribution in [0.5, 0.6) is 0 Å². The van der Waals surface area contributed by atoms with E-state index in [1.54, 1.807) is 31.4 Å². The van der Waals surface area contributed by atoms with E-state index >= 15 is 0 Å². The molecule has 116 valence electrons. The van der Waals surface area contributed by atoms with Crippen molar-refractivity contribution in [2.75, 3.05) is 10.6 Å². The SMILES string of the molecule is CC(C)C(=O)Nc1nc(CC(=O)Nc2ccc(Cl)nc2)cs1. The highest BCUT2D eigenvalue weighted by Gasteiger charge is 2.12. The van der Waals surface area contributed by atoms with Gasteiger partial charge in [-0.2, -0.15) is 0 Å². The van der Waals surface area contributed by atoms with Gasteiger partial charge in [-0.05, 0) is 12.1 Å². The third-order valence-electron chi connectivity index (χ3n) is 2.66. The highest BCUT2D eigenvalue weighted by molar-refractivity contribution is 7.13. The lowest BCUT2D eigenvalue weighted by molar-refractivity contribution is -0.119. The summed E-state index contributed by atoms with van der Waals surface area (Å²) in [6.07, 6.45) is 1.60. The molecule has 0 saturated carbocycles. The Hall–Kier alpha value is -1.99. The van der Waals surface area contributed by atoms with E-state index in [0.717, 1.165) is 0 Å². The molecule has 0 aromatic carbocycles. The smallest absolute Gasteiger partial charge is 0.230 e. The molecule has 8 heteroatoms. The fraction of sp³-hybridized carbons (Fsp3) is 0.286.